The molecule has 0 aromatic heterocycles. The second-order valence-corrected chi connectivity index (χ2v) is 5.33. The second kappa shape index (κ2) is 4.47. The number of nitriles is 1. The van der Waals surface area contributed by atoms with E-state index in [0.29, 0.717) is 0 Å². The van der Waals surface area contributed by atoms with Crippen molar-refractivity contribution >= 4 is 12.2 Å². The van der Waals surface area contributed by atoms with Gasteiger partial charge in [-0.3, -0.25) is 4.90 Å². The minimum Gasteiger partial charge on any atom is -0.437 e. The fraction of sp³-hybridized carbons (Fsp3) is 0.111. The van der Waals surface area contributed by atoms with Crippen molar-refractivity contribution < 1.29 is 9.53 Å². The Kier molecular flexibility index (Phi) is 2.57. The lowest BCUT2D eigenvalue weighted by Gasteiger charge is -2.35. The molecular formula is C18H12N2O2. The number of carbonyl (C=O) groups is 1. The average Bonchev–Trinajstić information content (AvgIpc) is 2.89. The summed E-state index contributed by atoms with van der Waals surface area (Å²) in [5.74, 6) is 0. The average molecular weight is 288 g/mol. The number of fused-ring (bicyclic) bond motifs is 3. The molecule has 4 nitrogen and oxygen atoms in total. The lowest BCUT2D eigenvalue weighted by molar-refractivity contribution is 0.121. The molecule has 0 radical (unpaired) electrons. The van der Waals surface area contributed by atoms with Crippen LogP contribution in [0.25, 0.3) is 6.08 Å². The predicted molar refractivity (Wildman–Crippen MR) is 80.3 cm³/mol. The molecule has 0 N–H and O–H groups in total. The highest BCUT2D eigenvalue weighted by molar-refractivity contribution is 5.80. The Morgan fingerprint density at radius 1 is 1.09 bits per heavy atom. The normalized spacial score (nSPS) is 25.1. The van der Waals surface area contributed by atoms with Crippen molar-refractivity contribution in [1.82, 2.24) is 4.90 Å². The minimum atomic E-state index is -1.16. The van der Waals surface area contributed by atoms with Crippen molar-refractivity contribution in [1.29, 1.82) is 5.26 Å². The summed E-state index contributed by atoms with van der Waals surface area (Å²) in [5.41, 5.74) is 1.37. The van der Waals surface area contributed by atoms with Gasteiger partial charge >= 0.3 is 6.09 Å². The Balaban J connectivity index is 1.99. The van der Waals surface area contributed by atoms with E-state index in [0.717, 1.165) is 16.7 Å². The summed E-state index contributed by atoms with van der Waals surface area (Å²) in [7, 11) is 0. The molecule has 0 saturated carbocycles. The quantitative estimate of drug-likeness (QED) is 0.806. The number of hydrogen-bond acceptors (Lipinski definition) is 3. The van der Waals surface area contributed by atoms with Crippen molar-refractivity contribution in [2.24, 2.45) is 0 Å². The number of carbonyl (C=O) groups excluding carboxylic acids is 1. The van der Waals surface area contributed by atoms with Crippen molar-refractivity contribution in [3.63, 3.8) is 0 Å². The number of nitrogens with zero attached hydrogens (tertiary/aromatic N) is 2. The molecule has 0 aliphatic carbocycles. The zero-order valence-corrected chi connectivity index (χ0v) is 11.6. The third-order valence-electron chi connectivity index (χ3n) is 4.22. The molecule has 1 fully saturated rings. The zero-order valence-electron chi connectivity index (χ0n) is 11.6. The van der Waals surface area contributed by atoms with Crippen LogP contribution in [0.5, 0.6) is 0 Å². The van der Waals surface area contributed by atoms with Crippen LogP contribution in [-0.4, -0.2) is 11.0 Å². The smallest absolute Gasteiger partial charge is 0.416 e. The van der Waals surface area contributed by atoms with Crippen molar-refractivity contribution in [2.75, 3.05) is 0 Å². The first-order chi connectivity index (χ1) is 10.8. The Morgan fingerprint density at radius 3 is 2.59 bits per heavy atom. The summed E-state index contributed by atoms with van der Waals surface area (Å²) >= 11 is 0. The van der Waals surface area contributed by atoms with Crippen LogP contribution in [0, 0.1) is 11.3 Å². The zero-order chi connectivity index (χ0) is 15.2. The van der Waals surface area contributed by atoms with Crippen LogP contribution in [0.15, 0.2) is 60.8 Å². The maximum absolute atomic E-state index is 12.3. The lowest BCUT2D eigenvalue weighted by atomic mass is 9.78. The number of ether oxygens (including phenoxy) is 1. The molecule has 2 aromatic carbocycles. The van der Waals surface area contributed by atoms with Crippen LogP contribution >= 0.6 is 0 Å². The van der Waals surface area contributed by atoms with E-state index in [1.165, 1.54) is 4.90 Å². The molecular weight excluding hydrogens is 276 g/mol. The maximum atomic E-state index is 12.3. The number of hydrogen-bond donors (Lipinski definition) is 0. The molecule has 0 spiro atoms. The first kappa shape index (κ1) is 12.7. The van der Waals surface area contributed by atoms with E-state index >= 15 is 0 Å². The Morgan fingerprint density at radius 2 is 1.82 bits per heavy atom. The predicted octanol–water partition coefficient (Wildman–Crippen LogP) is 3.58. The van der Waals surface area contributed by atoms with Gasteiger partial charge in [-0.15, -0.1) is 0 Å². The van der Waals surface area contributed by atoms with Gasteiger partial charge in [-0.25, -0.2) is 4.79 Å². The van der Waals surface area contributed by atoms with Gasteiger partial charge in [0.1, 0.15) is 6.07 Å². The summed E-state index contributed by atoms with van der Waals surface area (Å²) in [5, 5.41) is 9.99. The van der Waals surface area contributed by atoms with Gasteiger partial charge in [-0.05, 0) is 17.2 Å². The van der Waals surface area contributed by atoms with Crippen molar-refractivity contribution in [3.05, 3.63) is 77.5 Å². The molecule has 2 unspecified atom stereocenters. The molecule has 2 atom stereocenters. The van der Waals surface area contributed by atoms with Gasteiger partial charge in [-0.2, -0.15) is 5.26 Å². The van der Waals surface area contributed by atoms with Gasteiger partial charge in [0.2, 0.25) is 5.54 Å². The van der Waals surface area contributed by atoms with Crippen LogP contribution in [0.3, 0.4) is 0 Å². The third-order valence-corrected chi connectivity index (χ3v) is 4.22. The molecule has 2 aliphatic rings. The van der Waals surface area contributed by atoms with E-state index in [1.807, 2.05) is 60.7 Å². The highest BCUT2D eigenvalue weighted by atomic mass is 16.6. The van der Waals surface area contributed by atoms with E-state index in [-0.39, 0.29) is 0 Å². The highest BCUT2D eigenvalue weighted by Gasteiger charge is 2.58. The van der Waals surface area contributed by atoms with E-state index in [2.05, 4.69) is 6.07 Å². The molecule has 4 rings (SSSR count). The fourth-order valence-electron chi connectivity index (χ4n) is 3.22. The molecule has 2 aromatic rings. The molecule has 2 heterocycles. The minimum absolute atomic E-state index is 0.499. The van der Waals surface area contributed by atoms with E-state index in [1.54, 1.807) is 6.20 Å². The number of benzene rings is 2. The van der Waals surface area contributed by atoms with Gasteiger partial charge in [0, 0.05) is 11.8 Å². The SMILES string of the molecule is N#CC12c3ccccc3C=CN1C(=O)OC2c1ccccc1. The standard InChI is InChI=1S/C18H12N2O2/c19-12-18-15-9-5-4-6-13(15)10-11-20(18)17(21)22-16(18)14-7-2-1-3-8-14/h1-11,16H. The largest absolute Gasteiger partial charge is 0.437 e. The molecule has 22 heavy (non-hydrogen) atoms. The topological polar surface area (TPSA) is 53.3 Å². The summed E-state index contributed by atoms with van der Waals surface area (Å²) in [6.07, 6.45) is 2.31. The summed E-state index contributed by atoms with van der Waals surface area (Å²) in [4.78, 5) is 13.7. The second-order valence-electron chi connectivity index (χ2n) is 5.33. The molecule has 0 bridgehead atoms. The fourth-order valence-corrected chi connectivity index (χ4v) is 3.22. The van der Waals surface area contributed by atoms with Gasteiger partial charge < -0.3 is 4.74 Å². The monoisotopic (exact) mass is 288 g/mol. The van der Waals surface area contributed by atoms with E-state index in [4.69, 9.17) is 4.74 Å². The van der Waals surface area contributed by atoms with Gasteiger partial charge in [0.15, 0.2) is 6.10 Å². The summed E-state index contributed by atoms with van der Waals surface area (Å²) < 4.78 is 5.56. The van der Waals surface area contributed by atoms with Crippen LogP contribution in [-0.2, 0) is 10.3 Å². The molecule has 1 amide bonds. The van der Waals surface area contributed by atoms with E-state index < -0.39 is 17.7 Å². The lowest BCUT2D eigenvalue weighted by Crippen LogP contribution is -2.43. The maximum Gasteiger partial charge on any atom is 0.416 e. The molecule has 2 aliphatic heterocycles. The first-order valence-electron chi connectivity index (χ1n) is 7.01. The summed E-state index contributed by atoms with van der Waals surface area (Å²) in [6.45, 7) is 0. The van der Waals surface area contributed by atoms with Crippen LogP contribution in [0.2, 0.25) is 0 Å². The van der Waals surface area contributed by atoms with Crippen molar-refractivity contribution in [3.8, 4) is 6.07 Å². The highest BCUT2D eigenvalue weighted by Crippen LogP contribution is 2.51. The van der Waals surface area contributed by atoms with E-state index in [9.17, 15) is 10.1 Å². The number of rotatable bonds is 1. The van der Waals surface area contributed by atoms with Crippen LogP contribution < -0.4 is 0 Å². The Bertz CT molecular complexity index is 822. The molecule has 1 saturated heterocycles. The van der Waals surface area contributed by atoms with Gasteiger partial charge in [0.05, 0.1) is 0 Å². The van der Waals surface area contributed by atoms with Gasteiger partial charge in [-0.1, -0.05) is 54.6 Å². The van der Waals surface area contributed by atoms with Gasteiger partial charge in [0.25, 0.3) is 0 Å². The number of cyclic esters (lactones) is 1. The van der Waals surface area contributed by atoms with Crippen molar-refractivity contribution in [2.45, 2.75) is 11.6 Å². The Labute approximate surface area is 127 Å². The third kappa shape index (κ3) is 1.48. The van der Waals surface area contributed by atoms with Crippen LogP contribution in [0.1, 0.15) is 22.8 Å². The summed E-state index contributed by atoms with van der Waals surface area (Å²) in [6, 6.07) is 19.4. The first-order valence-corrected chi connectivity index (χ1v) is 7.01. The van der Waals surface area contributed by atoms with Crippen LogP contribution in [0.4, 0.5) is 4.79 Å². The Hall–Kier alpha value is -3.06. The molecule has 106 valence electrons. The molecule has 4 heteroatoms. The number of amides is 1.